The maximum atomic E-state index is 11.5. The molecule has 1 rings (SSSR count). The smallest absolute Gasteiger partial charge is 0.335 e. The van der Waals surface area contributed by atoms with Crippen LogP contribution in [0.5, 0.6) is 0 Å². The predicted molar refractivity (Wildman–Crippen MR) is 71.7 cm³/mol. The summed E-state index contributed by atoms with van der Waals surface area (Å²) in [5.41, 5.74) is 0. The van der Waals surface area contributed by atoms with E-state index in [4.69, 9.17) is 9.47 Å². The van der Waals surface area contributed by atoms with Crippen LogP contribution >= 0.6 is 0 Å². The van der Waals surface area contributed by atoms with E-state index in [0.29, 0.717) is 19.6 Å². The number of carbonyl (C=O) groups excluding carboxylic acids is 2. The molecule has 0 aromatic carbocycles. The van der Waals surface area contributed by atoms with Crippen molar-refractivity contribution in [3.05, 3.63) is 0 Å². The monoisotopic (exact) mass is 271 g/mol. The van der Waals surface area contributed by atoms with Gasteiger partial charge in [0.1, 0.15) is 6.61 Å². The molecule has 0 aromatic rings. The molecular weight excluding hydrogens is 246 g/mol. The van der Waals surface area contributed by atoms with Crippen molar-refractivity contribution in [2.24, 2.45) is 0 Å². The van der Waals surface area contributed by atoms with Crippen LogP contribution in [-0.2, 0) is 19.1 Å². The van der Waals surface area contributed by atoms with Crippen LogP contribution in [0.2, 0.25) is 0 Å². The number of esters is 1. The third-order valence-electron chi connectivity index (χ3n) is 3.12. The number of nitrogens with one attached hydrogen (secondary N) is 1. The Morgan fingerprint density at radius 3 is 2.84 bits per heavy atom. The normalized spacial score (nSPS) is 18.3. The van der Waals surface area contributed by atoms with E-state index in [2.05, 4.69) is 12.2 Å². The second kappa shape index (κ2) is 9.78. The molecule has 19 heavy (non-hydrogen) atoms. The van der Waals surface area contributed by atoms with Crippen molar-refractivity contribution in [3.8, 4) is 0 Å². The lowest BCUT2D eigenvalue weighted by Gasteiger charge is -2.10. The van der Waals surface area contributed by atoms with Crippen LogP contribution in [0.3, 0.4) is 0 Å². The minimum absolute atomic E-state index is 0.0317. The molecule has 0 saturated carbocycles. The molecule has 1 N–H and O–H groups in total. The molecule has 1 heterocycles. The Morgan fingerprint density at radius 1 is 1.32 bits per heavy atom. The summed E-state index contributed by atoms with van der Waals surface area (Å²) < 4.78 is 10.2. The molecule has 0 spiro atoms. The maximum absolute atomic E-state index is 11.5. The van der Waals surface area contributed by atoms with Gasteiger partial charge in [-0.2, -0.15) is 0 Å². The van der Waals surface area contributed by atoms with Crippen LogP contribution in [0.25, 0.3) is 0 Å². The van der Waals surface area contributed by atoms with Crippen LogP contribution in [0.4, 0.5) is 0 Å². The Morgan fingerprint density at radius 2 is 2.16 bits per heavy atom. The van der Waals surface area contributed by atoms with Gasteiger partial charge in [0.25, 0.3) is 0 Å². The first-order chi connectivity index (χ1) is 9.24. The molecule has 5 nitrogen and oxygen atoms in total. The van der Waals surface area contributed by atoms with Crippen molar-refractivity contribution in [2.75, 3.05) is 19.8 Å². The zero-order valence-electron chi connectivity index (χ0n) is 11.8. The fourth-order valence-corrected chi connectivity index (χ4v) is 2.00. The first-order valence-corrected chi connectivity index (χ1v) is 7.29. The summed E-state index contributed by atoms with van der Waals surface area (Å²) in [6.45, 7) is 3.38. The topological polar surface area (TPSA) is 64.6 Å². The fraction of sp³-hybridized carbons (Fsp3) is 0.857. The van der Waals surface area contributed by atoms with Crippen molar-refractivity contribution in [1.29, 1.82) is 0 Å². The van der Waals surface area contributed by atoms with Gasteiger partial charge in [-0.3, -0.25) is 4.79 Å². The van der Waals surface area contributed by atoms with E-state index in [1.54, 1.807) is 0 Å². The van der Waals surface area contributed by atoms with Gasteiger partial charge in [-0.15, -0.1) is 0 Å². The summed E-state index contributed by atoms with van der Waals surface area (Å²) in [4.78, 5) is 22.9. The molecule has 5 heteroatoms. The Hall–Kier alpha value is -1.10. The largest absolute Gasteiger partial charge is 0.462 e. The lowest BCUT2D eigenvalue weighted by atomic mass is 10.1. The van der Waals surface area contributed by atoms with E-state index in [9.17, 15) is 9.59 Å². The lowest BCUT2D eigenvalue weighted by molar-refractivity contribution is -0.154. The summed E-state index contributed by atoms with van der Waals surface area (Å²) >= 11 is 0. The molecule has 1 aliphatic heterocycles. The average molecular weight is 271 g/mol. The summed E-state index contributed by atoms with van der Waals surface area (Å²) in [5, 5.41) is 2.75. The number of carbonyl (C=O) groups is 2. The number of hydrogen-bond donors (Lipinski definition) is 1. The number of ether oxygens (including phenoxy) is 2. The van der Waals surface area contributed by atoms with Gasteiger partial charge in [-0.25, -0.2) is 4.79 Å². The molecule has 1 saturated heterocycles. The van der Waals surface area contributed by atoms with Gasteiger partial charge in [0.2, 0.25) is 5.91 Å². The Balaban J connectivity index is 1.94. The number of hydrogen-bond acceptors (Lipinski definition) is 4. The third kappa shape index (κ3) is 7.15. The molecule has 0 radical (unpaired) electrons. The van der Waals surface area contributed by atoms with Crippen LogP contribution < -0.4 is 5.32 Å². The van der Waals surface area contributed by atoms with Gasteiger partial charge in [0, 0.05) is 13.0 Å². The quantitative estimate of drug-likeness (QED) is 0.513. The molecule has 1 unspecified atom stereocenters. The molecule has 1 aliphatic rings. The molecule has 1 fully saturated rings. The van der Waals surface area contributed by atoms with Gasteiger partial charge in [-0.1, -0.05) is 26.2 Å². The zero-order chi connectivity index (χ0) is 13.9. The number of unbranched alkanes of at least 4 members (excludes halogenated alkanes) is 3. The second-order valence-corrected chi connectivity index (χ2v) is 4.83. The Labute approximate surface area is 115 Å². The Kier molecular flexibility index (Phi) is 8.21. The van der Waals surface area contributed by atoms with Crippen molar-refractivity contribution in [1.82, 2.24) is 5.32 Å². The van der Waals surface area contributed by atoms with Gasteiger partial charge in [0.05, 0.1) is 6.54 Å². The average Bonchev–Trinajstić information content (AvgIpc) is 2.93. The predicted octanol–water partition coefficient (Wildman–Crippen LogP) is 1.80. The molecule has 1 atom stereocenters. The van der Waals surface area contributed by atoms with Crippen LogP contribution in [0.1, 0.15) is 51.9 Å². The summed E-state index contributed by atoms with van der Waals surface area (Å²) in [6, 6.07) is 0. The van der Waals surface area contributed by atoms with E-state index in [0.717, 1.165) is 25.7 Å². The van der Waals surface area contributed by atoms with Crippen molar-refractivity contribution in [2.45, 2.75) is 58.0 Å². The SMILES string of the molecule is CCCCCCC(=O)NCCOC(=O)C1CCCO1. The first-order valence-electron chi connectivity index (χ1n) is 7.29. The van der Waals surface area contributed by atoms with Crippen LogP contribution in [0.15, 0.2) is 0 Å². The van der Waals surface area contributed by atoms with Gasteiger partial charge < -0.3 is 14.8 Å². The highest BCUT2D eigenvalue weighted by Gasteiger charge is 2.24. The first kappa shape index (κ1) is 16.0. The molecular formula is C14H25NO4. The molecule has 0 aliphatic carbocycles. The lowest BCUT2D eigenvalue weighted by Crippen LogP contribution is -2.30. The molecule has 0 aromatic heterocycles. The van der Waals surface area contributed by atoms with Gasteiger partial charge in [0.15, 0.2) is 6.10 Å². The van der Waals surface area contributed by atoms with E-state index < -0.39 is 6.10 Å². The minimum atomic E-state index is -0.398. The van der Waals surface area contributed by atoms with Crippen LogP contribution in [-0.4, -0.2) is 37.7 Å². The van der Waals surface area contributed by atoms with Crippen LogP contribution in [0, 0.1) is 0 Å². The van der Waals surface area contributed by atoms with Gasteiger partial charge in [-0.05, 0) is 19.3 Å². The van der Waals surface area contributed by atoms with Gasteiger partial charge >= 0.3 is 5.97 Å². The summed E-state index contributed by atoms with van der Waals surface area (Å²) in [7, 11) is 0. The third-order valence-corrected chi connectivity index (χ3v) is 3.12. The fourth-order valence-electron chi connectivity index (χ4n) is 2.00. The Bertz CT molecular complexity index is 275. The zero-order valence-corrected chi connectivity index (χ0v) is 11.8. The highest BCUT2D eigenvalue weighted by atomic mass is 16.6. The van der Waals surface area contributed by atoms with Crippen molar-refractivity contribution < 1.29 is 19.1 Å². The second-order valence-electron chi connectivity index (χ2n) is 4.83. The standard InChI is InChI=1S/C14H25NO4/c1-2-3-4-5-8-13(16)15-9-11-19-14(17)12-7-6-10-18-12/h12H,2-11H2,1H3,(H,15,16). The van der Waals surface area contributed by atoms with Crippen molar-refractivity contribution >= 4 is 11.9 Å². The van der Waals surface area contributed by atoms with E-state index in [1.807, 2.05) is 0 Å². The van der Waals surface area contributed by atoms with E-state index in [-0.39, 0.29) is 18.5 Å². The summed E-state index contributed by atoms with van der Waals surface area (Å²) in [5.74, 6) is -0.279. The number of amides is 1. The van der Waals surface area contributed by atoms with E-state index in [1.165, 1.54) is 12.8 Å². The van der Waals surface area contributed by atoms with Crippen molar-refractivity contribution in [3.63, 3.8) is 0 Å². The number of rotatable bonds is 9. The highest BCUT2D eigenvalue weighted by Crippen LogP contribution is 2.12. The maximum Gasteiger partial charge on any atom is 0.335 e. The summed E-state index contributed by atoms with van der Waals surface area (Å²) in [6.07, 6.45) is 6.17. The molecule has 0 bridgehead atoms. The molecule has 1 amide bonds. The molecule has 110 valence electrons. The highest BCUT2D eigenvalue weighted by molar-refractivity contribution is 5.76. The minimum Gasteiger partial charge on any atom is -0.462 e. The van der Waals surface area contributed by atoms with E-state index >= 15 is 0 Å².